The maximum absolute atomic E-state index is 13.1. The van der Waals surface area contributed by atoms with Crippen LogP contribution in [0.1, 0.15) is 24.3 Å². The van der Waals surface area contributed by atoms with E-state index in [9.17, 15) is 4.39 Å². The number of nitrogens with one attached hydrogen (secondary N) is 1. The van der Waals surface area contributed by atoms with Gasteiger partial charge >= 0.3 is 0 Å². The molecule has 0 aliphatic carbocycles. The van der Waals surface area contributed by atoms with E-state index in [0.717, 1.165) is 25.2 Å². The summed E-state index contributed by atoms with van der Waals surface area (Å²) in [4.78, 5) is 2.49. The molecule has 0 aromatic heterocycles. The third-order valence-electron chi connectivity index (χ3n) is 3.69. The summed E-state index contributed by atoms with van der Waals surface area (Å²) in [7, 11) is 0. The molecule has 2 nitrogen and oxygen atoms in total. The van der Waals surface area contributed by atoms with Crippen molar-refractivity contribution in [2.24, 2.45) is 0 Å². The Morgan fingerprint density at radius 3 is 3.00 bits per heavy atom. The van der Waals surface area contributed by atoms with Gasteiger partial charge in [-0.05, 0) is 43.6 Å². The molecule has 1 fully saturated rings. The largest absolute Gasteiger partial charge is 0.385 e. The molecule has 1 saturated heterocycles. The highest BCUT2D eigenvalue weighted by Crippen LogP contribution is 2.33. The summed E-state index contributed by atoms with van der Waals surface area (Å²) in [6, 6.07) is 5.15. The molecule has 3 heteroatoms. The van der Waals surface area contributed by atoms with Crippen LogP contribution < -0.4 is 5.32 Å². The zero-order valence-corrected chi connectivity index (χ0v) is 9.38. The summed E-state index contributed by atoms with van der Waals surface area (Å²) in [6.07, 6.45) is 2.50. The van der Waals surface area contributed by atoms with E-state index in [-0.39, 0.29) is 5.82 Å². The lowest BCUT2D eigenvalue weighted by Crippen LogP contribution is -2.40. The fraction of sp³-hybridized carbons (Fsp3) is 0.538. The smallest absolute Gasteiger partial charge is 0.125 e. The predicted molar refractivity (Wildman–Crippen MR) is 63.3 cm³/mol. The summed E-state index contributed by atoms with van der Waals surface area (Å²) >= 11 is 0. The van der Waals surface area contributed by atoms with Gasteiger partial charge in [0.05, 0.1) is 0 Å². The lowest BCUT2D eigenvalue weighted by molar-refractivity contribution is 0.167. The maximum Gasteiger partial charge on any atom is 0.125 e. The summed E-state index contributed by atoms with van der Waals surface area (Å²) < 4.78 is 13.1. The Hall–Kier alpha value is -1.09. The number of hydrogen-bond acceptors (Lipinski definition) is 2. The van der Waals surface area contributed by atoms with Gasteiger partial charge in [0, 0.05) is 24.7 Å². The minimum atomic E-state index is -0.143. The zero-order chi connectivity index (χ0) is 11.0. The predicted octanol–water partition coefficient (Wildman–Crippen LogP) is 2.43. The number of rotatable bonds is 2. The van der Waals surface area contributed by atoms with E-state index in [4.69, 9.17) is 0 Å². The molecule has 2 aliphatic rings. The Balaban J connectivity index is 1.81. The fourth-order valence-corrected chi connectivity index (χ4v) is 2.64. The molecule has 2 heterocycles. The molecule has 0 bridgehead atoms. The first-order valence-corrected chi connectivity index (χ1v) is 6.08. The molecular formula is C13H17FN2. The third-order valence-corrected chi connectivity index (χ3v) is 3.69. The van der Waals surface area contributed by atoms with Crippen molar-refractivity contribution in [3.8, 4) is 0 Å². The Morgan fingerprint density at radius 1 is 1.38 bits per heavy atom. The summed E-state index contributed by atoms with van der Waals surface area (Å²) in [6.45, 7) is 4.58. The van der Waals surface area contributed by atoms with Crippen LogP contribution >= 0.6 is 0 Å². The van der Waals surface area contributed by atoms with Crippen LogP contribution in [0.4, 0.5) is 10.1 Å². The number of hydrogen-bond donors (Lipinski definition) is 1. The van der Waals surface area contributed by atoms with Gasteiger partial charge in [-0.1, -0.05) is 6.07 Å². The molecule has 0 saturated carbocycles. The van der Waals surface area contributed by atoms with Crippen molar-refractivity contribution in [1.82, 2.24) is 4.90 Å². The lowest BCUT2D eigenvalue weighted by Gasteiger charge is -2.36. The first kappa shape index (κ1) is 10.1. The highest BCUT2D eigenvalue weighted by atomic mass is 19.1. The maximum atomic E-state index is 13.1. The van der Waals surface area contributed by atoms with Crippen LogP contribution in [-0.4, -0.2) is 31.1 Å². The van der Waals surface area contributed by atoms with Crippen molar-refractivity contribution in [1.29, 1.82) is 0 Å². The molecule has 86 valence electrons. The van der Waals surface area contributed by atoms with Gasteiger partial charge in [-0.3, -0.25) is 0 Å². The van der Waals surface area contributed by atoms with Crippen LogP contribution in [0.15, 0.2) is 18.2 Å². The number of benzene rings is 1. The van der Waals surface area contributed by atoms with E-state index in [1.165, 1.54) is 25.1 Å². The van der Waals surface area contributed by atoms with Crippen LogP contribution in [0.25, 0.3) is 0 Å². The monoisotopic (exact) mass is 220 g/mol. The molecule has 0 amide bonds. The van der Waals surface area contributed by atoms with E-state index in [0.29, 0.717) is 5.92 Å². The standard InChI is InChI=1S/C13H17FN2/c14-11-2-3-12-10(9-16-6-1-7-16)4-5-15-13(12)8-11/h2-3,8,10,15H,1,4-7,9H2. The van der Waals surface area contributed by atoms with Crippen molar-refractivity contribution < 1.29 is 4.39 Å². The molecule has 1 aromatic rings. The quantitative estimate of drug-likeness (QED) is 0.823. The number of fused-ring (bicyclic) bond motifs is 1. The van der Waals surface area contributed by atoms with Crippen molar-refractivity contribution >= 4 is 5.69 Å². The van der Waals surface area contributed by atoms with E-state index in [1.54, 1.807) is 12.1 Å². The Bertz CT molecular complexity index is 388. The Morgan fingerprint density at radius 2 is 2.25 bits per heavy atom. The van der Waals surface area contributed by atoms with Crippen LogP contribution in [-0.2, 0) is 0 Å². The van der Waals surface area contributed by atoms with Gasteiger partial charge in [0.2, 0.25) is 0 Å². The van der Waals surface area contributed by atoms with Gasteiger partial charge in [-0.25, -0.2) is 4.39 Å². The number of nitrogens with zero attached hydrogens (tertiary/aromatic N) is 1. The molecule has 2 aliphatic heterocycles. The number of anilines is 1. The number of halogens is 1. The SMILES string of the molecule is Fc1ccc2c(c1)NCCC2CN1CCC1. The van der Waals surface area contributed by atoms with E-state index in [2.05, 4.69) is 10.2 Å². The van der Waals surface area contributed by atoms with Gasteiger partial charge in [0.1, 0.15) is 5.82 Å². The second-order valence-electron chi connectivity index (χ2n) is 4.80. The first-order valence-electron chi connectivity index (χ1n) is 6.08. The molecule has 1 atom stereocenters. The van der Waals surface area contributed by atoms with Gasteiger partial charge in [-0.15, -0.1) is 0 Å². The zero-order valence-electron chi connectivity index (χ0n) is 9.38. The van der Waals surface area contributed by atoms with Gasteiger partial charge in [0.25, 0.3) is 0 Å². The molecule has 1 aromatic carbocycles. The van der Waals surface area contributed by atoms with E-state index in [1.807, 2.05) is 6.07 Å². The molecule has 1 unspecified atom stereocenters. The first-order chi connectivity index (χ1) is 7.83. The molecule has 0 spiro atoms. The average molecular weight is 220 g/mol. The highest BCUT2D eigenvalue weighted by Gasteiger charge is 2.24. The van der Waals surface area contributed by atoms with Crippen molar-refractivity contribution in [2.45, 2.75) is 18.8 Å². The lowest BCUT2D eigenvalue weighted by atomic mass is 9.90. The van der Waals surface area contributed by atoms with Crippen molar-refractivity contribution in [2.75, 3.05) is 31.5 Å². The molecule has 0 radical (unpaired) electrons. The van der Waals surface area contributed by atoms with Crippen LogP contribution in [0.5, 0.6) is 0 Å². The Kier molecular flexibility index (Phi) is 2.56. The van der Waals surface area contributed by atoms with E-state index < -0.39 is 0 Å². The molecular weight excluding hydrogens is 203 g/mol. The van der Waals surface area contributed by atoms with Crippen molar-refractivity contribution in [3.63, 3.8) is 0 Å². The second kappa shape index (κ2) is 4.06. The third kappa shape index (κ3) is 1.80. The second-order valence-corrected chi connectivity index (χ2v) is 4.80. The molecule has 3 rings (SSSR count). The van der Waals surface area contributed by atoms with E-state index >= 15 is 0 Å². The Labute approximate surface area is 95.4 Å². The number of likely N-dealkylation sites (tertiary alicyclic amines) is 1. The normalized spacial score (nSPS) is 24.4. The summed E-state index contributed by atoms with van der Waals surface area (Å²) in [5.74, 6) is 0.438. The highest BCUT2D eigenvalue weighted by molar-refractivity contribution is 5.55. The average Bonchev–Trinajstić information content (AvgIpc) is 2.23. The summed E-state index contributed by atoms with van der Waals surface area (Å²) in [5.41, 5.74) is 2.29. The van der Waals surface area contributed by atoms with Crippen molar-refractivity contribution in [3.05, 3.63) is 29.6 Å². The molecule has 16 heavy (non-hydrogen) atoms. The fourth-order valence-electron chi connectivity index (χ4n) is 2.64. The van der Waals surface area contributed by atoms with Gasteiger partial charge in [-0.2, -0.15) is 0 Å². The summed E-state index contributed by atoms with van der Waals surface area (Å²) in [5, 5.41) is 3.28. The van der Waals surface area contributed by atoms with Gasteiger partial charge in [0.15, 0.2) is 0 Å². The minimum Gasteiger partial charge on any atom is -0.385 e. The van der Waals surface area contributed by atoms with Crippen LogP contribution in [0, 0.1) is 5.82 Å². The minimum absolute atomic E-state index is 0.143. The van der Waals surface area contributed by atoms with Crippen LogP contribution in [0.3, 0.4) is 0 Å². The van der Waals surface area contributed by atoms with Gasteiger partial charge < -0.3 is 10.2 Å². The molecule has 1 N–H and O–H groups in total. The topological polar surface area (TPSA) is 15.3 Å². The van der Waals surface area contributed by atoms with Crippen LogP contribution in [0.2, 0.25) is 0 Å².